The van der Waals surface area contributed by atoms with Crippen molar-refractivity contribution in [1.29, 1.82) is 0 Å². The van der Waals surface area contributed by atoms with Gasteiger partial charge in [-0.15, -0.1) is 0 Å². The molecule has 1 aromatic rings. The summed E-state index contributed by atoms with van der Waals surface area (Å²) in [6.45, 7) is 8.27. The molecule has 0 bridgehead atoms. The minimum Gasteiger partial charge on any atom is -0.384 e. The number of halogens is 1. The van der Waals surface area contributed by atoms with Crippen LogP contribution in [-0.2, 0) is 12.2 Å². The molecule has 0 spiro atoms. The predicted molar refractivity (Wildman–Crippen MR) is 112 cm³/mol. The first-order valence-corrected chi connectivity index (χ1v) is 11.5. The lowest BCUT2D eigenvalue weighted by molar-refractivity contribution is 0.172. The molecule has 0 radical (unpaired) electrons. The smallest absolute Gasteiger partial charge is 0.0421 e. The molecule has 2 nitrogen and oxygen atoms in total. The lowest BCUT2D eigenvalue weighted by atomic mass is 9.80. The fourth-order valence-electron chi connectivity index (χ4n) is 4.41. The van der Waals surface area contributed by atoms with Crippen molar-refractivity contribution in [2.75, 3.05) is 31.2 Å². The van der Waals surface area contributed by atoms with E-state index in [0.29, 0.717) is 0 Å². The van der Waals surface area contributed by atoms with E-state index in [1.54, 1.807) is 11.1 Å². The number of anilines is 1. The molecule has 1 aliphatic carbocycles. The Labute approximate surface area is 159 Å². The van der Waals surface area contributed by atoms with Gasteiger partial charge in [0.1, 0.15) is 0 Å². The van der Waals surface area contributed by atoms with E-state index in [1.165, 1.54) is 53.6 Å². The van der Waals surface area contributed by atoms with Gasteiger partial charge in [0.05, 0.1) is 0 Å². The van der Waals surface area contributed by atoms with Crippen LogP contribution in [0.5, 0.6) is 0 Å². The van der Waals surface area contributed by atoms with Crippen molar-refractivity contribution in [1.82, 2.24) is 4.90 Å². The molecule has 0 saturated carbocycles. The van der Waals surface area contributed by atoms with Crippen LogP contribution in [0.2, 0.25) is 0 Å². The number of hydrogen-bond acceptors (Lipinski definition) is 3. The number of hydrogen-bond donors (Lipinski definition) is 1. The Balaban J connectivity index is 1.92. The zero-order chi connectivity index (χ0) is 16.4. The minimum absolute atomic E-state index is 0.727. The molecule has 23 heavy (non-hydrogen) atoms. The number of benzene rings is 1. The van der Waals surface area contributed by atoms with E-state index < -0.39 is 0 Å². The molecule has 0 unspecified atom stereocenters. The van der Waals surface area contributed by atoms with Gasteiger partial charge >= 0.3 is 0 Å². The highest BCUT2D eigenvalue weighted by molar-refractivity contribution is 14.1. The molecule has 2 atom stereocenters. The predicted octanol–water partition coefficient (Wildman–Crippen LogP) is 5.10. The van der Waals surface area contributed by atoms with Crippen LogP contribution in [0.15, 0.2) is 6.07 Å². The average molecular weight is 444 g/mol. The van der Waals surface area contributed by atoms with Crippen molar-refractivity contribution in [2.45, 2.75) is 57.2 Å². The van der Waals surface area contributed by atoms with Gasteiger partial charge in [-0.3, -0.25) is 0 Å². The first-order valence-electron chi connectivity index (χ1n) is 9.00. The maximum atomic E-state index is 3.75. The molecule has 128 valence electrons. The third-order valence-corrected chi connectivity index (χ3v) is 6.83. The zero-order valence-corrected chi connectivity index (χ0v) is 17.6. The van der Waals surface area contributed by atoms with Gasteiger partial charge in [0.25, 0.3) is 0 Å². The van der Waals surface area contributed by atoms with Gasteiger partial charge < -0.3 is 10.2 Å². The Morgan fingerprint density at radius 3 is 2.70 bits per heavy atom. The molecule has 0 amide bonds. The summed E-state index contributed by atoms with van der Waals surface area (Å²) >= 11 is 4.51. The summed E-state index contributed by atoms with van der Waals surface area (Å²) < 4.78 is 1.50. The number of nitrogens with zero attached hydrogens (tertiary/aromatic N) is 1. The Hall–Kier alpha value is 0.0600. The molecular weight excluding hydrogens is 415 g/mol. The fraction of sp³-hybridized carbons (Fsp3) is 0.684. The van der Waals surface area contributed by atoms with Gasteiger partial charge in [-0.2, -0.15) is 11.8 Å². The standard InChI is InChI=1S/C19H29IN2S/c1-4-6-22(7-5-2)15-8-13-11-21-19-14(12-23-3)9-17(20)16(10-15)18(13)19/h9,13,15,21H,4-8,10-12H2,1-3H3/t13-,15-/m0/s1. The Kier molecular flexibility index (Phi) is 6.18. The first-order chi connectivity index (χ1) is 11.2. The third-order valence-electron chi connectivity index (χ3n) is 5.27. The van der Waals surface area contributed by atoms with E-state index in [2.05, 4.69) is 59.0 Å². The fourth-order valence-corrected chi connectivity index (χ4v) is 5.83. The van der Waals surface area contributed by atoms with E-state index in [0.717, 1.165) is 24.3 Å². The second kappa shape index (κ2) is 7.96. The third kappa shape index (κ3) is 3.54. The van der Waals surface area contributed by atoms with E-state index >= 15 is 0 Å². The van der Waals surface area contributed by atoms with Crippen molar-refractivity contribution >= 4 is 40.0 Å². The van der Waals surface area contributed by atoms with E-state index in [4.69, 9.17) is 0 Å². The molecule has 1 N–H and O–H groups in total. The summed E-state index contributed by atoms with van der Waals surface area (Å²) in [5.41, 5.74) is 6.32. The summed E-state index contributed by atoms with van der Waals surface area (Å²) in [6, 6.07) is 3.17. The highest BCUT2D eigenvalue weighted by Crippen LogP contribution is 2.46. The molecule has 3 rings (SSSR count). The van der Waals surface area contributed by atoms with Crippen LogP contribution >= 0.6 is 34.4 Å². The van der Waals surface area contributed by atoms with Crippen LogP contribution in [-0.4, -0.2) is 36.8 Å². The summed E-state index contributed by atoms with van der Waals surface area (Å²) in [7, 11) is 0. The van der Waals surface area contributed by atoms with Crippen LogP contribution in [0.3, 0.4) is 0 Å². The van der Waals surface area contributed by atoms with Crippen LogP contribution in [0.4, 0.5) is 5.69 Å². The number of rotatable bonds is 7. The summed E-state index contributed by atoms with van der Waals surface area (Å²) in [4.78, 5) is 2.76. The van der Waals surface area contributed by atoms with Crippen LogP contribution in [0, 0.1) is 3.57 Å². The second-order valence-electron chi connectivity index (χ2n) is 6.93. The summed E-state index contributed by atoms with van der Waals surface area (Å²) in [5, 5.41) is 3.75. The highest BCUT2D eigenvalue weighted by atomic mass is 127. The molecule has 0 fully saturated rings. The topological polar surface area (TPSA) is 15.3 Å². The second-order valence-corrected chi connectivity index (χ2v) is 8.95. The highest BCUT2D eigenvalue weighted by Gasteiger charge is 2.37. The zero-order valence-electron chi connectivity index (χ0n) is 14.6. The van der Waals surface area contributed by atoms with E-state index in [9.17, 15) is 0 Å². The van der Waals surface area contributed by atoms with Crippen molar-refractivity contribution in [2.24, 2.45) is 0 Å². The van der Waals surface area contributed by atoms with Gasteiger partial charge in [0.15, 0.2) is 0 Å². The minimum atomic E-state index is 0.727. The molecule has 1 aromatic carbocycles. The molecule has 1 heterocycles. The maximum absolute atomic E-state index is 3.75. The van der Waals surface area contributed by atoms with E-state index in [-0.39, 0.29) is 0 Å². The Morgan fingerprint density at radius 1 is 1.30 bits per heavy atom. The van der Waals surface area contributed by atoms with Gasteiger partial charge in [0.2, 0.25) is 0 Å². The number of thioether (sulfide) groups is 1. The monoisotopic (exact) mass is 444 g/mol. The van der Waals surface area contributed by atoms with Crippen molar-refractivity contribution in [3.63, 3.8) is 0 Å². The molecule has 1 aliphatic heterocycles. The lowest BCUT2D eigenvalue weighted by Crippen LogP contribution is -2.41. The Bertz CT molecular complexity index is 555. The van der Waals surface area contributed by atoms with E-state index in [1.807, 2.05) is 11.8 Å². The van der Waals surface area contributed by atoms with Crippen LogP contribution in [0.1, 0.15) is 55.7 Å². The summed E-state index contributed by atoms with van der Waals surface area (Å²) in [6.07, 6.45) is 7.32. The van der Waals surface area contributed by atoms with Gasteiger partial charge in [-0.1, -0.05) is 13.8 Å². The van der Waals surface area contributed by atoms with Gasteiger partial charge in [-0.25, -0.2) is 0 Å². The van der Waals surface area contributed by atoms with Crippen molar-refractivity contribution in [3.05, 3.63) is 26.3 Å². The lowest BCUT2D eigenvalue weighted by Gasteiger charge is -2.37. The van der Waals surface area contributed by atoms with Crippen molar-refractivity contribution < 1.29 is 0 Å². The maximum Gasteiger partial charge on any atom is 0.0421 e. The molecule has 0 aromatic heterocycles. The first kappa shape index (κ1) is 17.9. The SMILES string of the molecule is CCCN(CCC)[C@@H]1Cc2c(I)cc(CSC)c3c2[C@H](CN3)C1. The van der Waals surface area contributed by atoms with Gasteiger partial charge in [-0.05, 0) is 90.4 Å². The molecule has 0 saturated heterocycles. The van der Waals surface area contributed by atoms with Crippen LogP contribution < -0.4 is 5.32 Å². The van der Waals surface area contributed by atoms with Crippen LogP contribution in [0.25, 0.3) is 0 Å². The quantitative estimate of drug-likeness (QED) is 0.590. The average Bonchev–Trinajstić information content (AvgIpc) is 2.96. The molecular formula is C19H29IN2S. The largest absolute Gasteiger partial charge is 0.384 e. The number of nitrogens with one attached hydrogen (secondary N) is 1. The molecule has 2 aliphatic rings. The Morgan fingerprint density at radius 2 is 2.04 bits per heavy atom. The normalized spacial score (nSPS) is 22.3. The van der Waals surface area contributed by atoms with Crippen molar-refractivity contribution in [3.8, 4) is 0 Å². The molecule has 4 heteroatoms. The summed E-state index contributed by atoms with van der Waals surface area (Å²) in [5.74, 6) is 1.85. The van der Waals surface area contributed by atoms with Gasteiger partial charge in [0, 0.05) is 33.5 Å².